The van der Waals surface area contributed by atoms with Gasteiger partial charge in [-0.15, -0.1) is 0 Å². The summed E-state index contributed by atoms with van der Waals surface area (Å²) in [5.74, 6) is -1.54. The largest absolute Gasteiger partial charge is 0.480 e. The first-order valence-corrected chi connectivity index (χ1v) is 6.73. The molecular weight excluding hydrogens is 309 g/mol. The van der Waals surface area contributed by atoms with Crippen molar-refractivity contribution in [1.29, 1.82) is 0 Å². The Labute approximate surface area is 124 Å². The molecule has 8 heteroatoms. The van der Waals surface area contributed by atoms with Crippen LogP contribution in [0.25, 0.3) is 0 Å². The summed E-state index contributed by atoms with van der Waals surface area (Å²) in [6.45, 7) is 1.25. The first-order chi connectivity index (χ1) is 9.71. The summed E-state index contributed by atoms with van der Waals surface area (Å²) in [6.07, 6.45) is -2.93. The molecule has 1 aromatic carbocycles. The molecule has 1 heterocycles. The van der Waals surface area contributed by atoms with Gasteiger partial charge in [0.05, 0.1) is 16.3 Å². The fraction of sp³-hybridized carbons (Fsp3) is 0.462. The highest BCUT2D eigenvalue weighted by molar-refractivity contribution is 6.33. The molecular formula is C13H14ClF3N2O2. The van der Waals surface area contributed by atoms with Crippen LogP contribution in [0.5, 0.6) is 0 Å². The first-order valence-electron chi connectivity index (χ1n) is 6.36. The van der Waals surface area contributed by atoms with Crippen molar-refractivity contribution in [3.8, 4) is 0 Å². The molecule has 0 spiro atoms. The van der Waals surface area contributed by atoms with Gasteiger partial charge in [-0.25, -0.2) is 0 Å². The minimum atomic E-state index is -4.69. The molecule has 21 heavy (non-hydrogen) atoms. The zero-order chi connectivity index (χ0) is 15.8. The van der Waals surface area contributed by atoms with Crippen molar-refractivity contribution >= 4 is 23.3 Å². The van der Waals surface area contributed by atoms with E-state index in [0.717, 1.165) is 25.0 Å². The molecule has 1 aliphatic rings. The Hall–Kier alpha value is -1.47. The van der Waals surface area contributed by atoms with Gasteiger partial charge in [-0.3, -0.25) is 4.79 Å². The predicted molar refractivity (Wildman–Crippen MR) is 72.5 cm³/mol. The Morgan fingerprint density at radius 2 is 1.90 bits per heavy atom. The molecule has 0 unspecified atom stereocenters. The van der Waals surface area contributed by atoms with E-state index in [1.54, 1.807) is 4.90 Å². The third kappa shape index (κ3) is 3.24. The summed E-state index contributed by atoms with van der Waals surface area (Å²) in [4.78, 5) is 12.6. The van der Waals surface area contributed by atoms with Crippen LogP contribution in [0.2, 0.25) is 5.02 Å². The predicted octanol–water partition coefficient (Wildman–Crippen LogP) is 3.04. The normalized spacial score (nSPS) is 17.1. The zero-order valence-corrected chi connectivity index (χ0v) is 11.7. The standard InChI is InChI=1S/C13H14ClF3N2O2/c14-9-5-7(11(18)12(20)21)8(13(15,16)17)6-10(9)19-3-1-2-4-19/h5-6,11H,1-4,18H2,(H,20,21)/t11-/m0/s1. The second-order valence-electron chi connectivity index (χ2n) is 4.90. The van der Waals surface area contributed by atoms with E-state index < -0.39 is 29.3 Å². The molecule has 116 valence electrons. The molecule has 1 fully saturated rings. The van der Waals surface area contributed by atoms with Gasteiger partial charge in [-0.2, -0.15) is 13.2 Å². The number of carbonyl (C=O) groups is 1. The first kappa shape index (κ1) is 15.9. The molecule has 0 bridgehead atoms. The second-order valence-corrected chi connectivity index (χ2v) is 5.31. The molecule has 0 aromatic heterocycles. The van der Waals surface area contributed by atoms with Crippen LogP contribution in [0, 0.1) is 0 Å². The number of benzene rings is 1. The molecule has 3 N–H and O–H groups in total. The van der Waals surface area contributed by atoms with Crippen molar-refractivity contribution in [2.45, 2.75) is 25.1 Å². The van der Waals surface area contributed by atoms with E-state index in [0.29, 0.717) is 13.1 Å². The lowest BCUT2D eigenvalue weighted by Crippen LogP contribution is -2.26. The Balaban J connectivity index is 2.56. The van der Waals surface area contributed by atoms with Crippen molar-refractivity contribution < 1.29 is 23.1 Å². The average Bonchev–Trinajstić information content (AvgIpc) is 2.89. The molecule has 2 rings (SSSR count). The number of halogens is 4. The van der Waals surface area contributed by atoms with Crippen molar-refractivity contribution in [3.63, 3.8) is 0 Å². The van der Waals surface area contributed by atoms with Gasteiger partial charge in [0, 0.05) is 13.1 Å². The Morgan fingerprint density at radius 1 is 1.33 bits per heavy atom. The lowest BCUT2D eigenvalue weighted by atomic mass is 9.99. The highest BCUT2D eigenvalue weighted by Crippen LogP contribution is 2.40. The molecule has 0 radical (unpaired) electrons. The number of alkyl halides is 3. The number of carboxylic acids is 1. The van der Waals surface area contributed by atoms with E-state index in [1.807, 2.05) is 0 Å². The fourth-order valence-corrected chi connectivity index (χ4v) is 2.71. The summed E-state index contributed by atoms with van der Waals surface area (Å²) in [6, 6.07) is 0.134. The number of nitrogens with two attached hydrogens (primary N) is 1. The molecule has 1 atom stereocenters. The number of nitrogens with zero attached hydrogens (tertiary/aromatic N) is 1. The highest BCUT2D eigenvalue weighted by atomic mass is 35.5. The lowest BCUT2D eigenvalue weighted by Gasteiger charge is -2.23. The molecule has 0 saturated carbocycles. The van der Waals surface area contributed by atoms with Crippen LogP contribution >= 0.6 is 11.6 Å². The summed E-state index contributed by atoms with van der Waals surface area (Å²) < 4.78 is 39.5. The van der Waals surface area contributed by atoms with Crippen LogP contribution in [0.1, 0.15) is 30.0 Å². The molecule has 1 saturated heterocycles. The number of carboxylic acid groups (broad SMARTS) is 1. The number of hydrogen-bond acceptors (Lipinski definition) is 3. The van der Waals surface area contributed by atoms with E-state index in [9.17, 15) is 18.0 Å². The average molecular weight is 323 g/mol. The second kappa shape index (κ2) is 5.73. The minimum absolute atomic E-state index is 0.0802. The smallest absolute Gasteiger partial charge is 0.416 e. The molecule has 0 amide bonds. The molecule has 1 aliphatic heterocycles. The van der Waals surface area contributed by atoms with E-state index in [-0.39, 0.29) is 10.7 Å². The van der Waals surface area contributed by atoms with Crippen LogP contribution in [0.4, 0.5) is 18.9 Å². The van der Waals surface area contributed by atoms with E-state index >= 15 is 0 Å². The topological polar surface area (TPSA) is 66.6 Å². The Morgan fingerprint density at radius 3 is 2.38 bits per heavy atom. The number of anilines is 1. The van der Waals surface area contributed by atoms with Crippen molar-refractivity contribution in [1.82, 2.24) is 0 Å². The maximum absolute atomic E-state index is 13.2. The summed E-state index contributed by atoms with van der Waals surface area (Å²) in [5.41, 5.74) is 4.03. The summed E-state index contributed by atoms with van der Waals surface area (Å²) in [7, 11) is 0. The highest BCUT2D eigenvalue weighted by Gasteiger charge is 2.37. The maximum Gasteiger partial charge on any atom is 0.416 e. The van der Waals surface area contributed by atoms with Gasteiger partial charge in [0.1, 0.15) is 6.04 Å². The third-order valence-corrected chi connectivity index (χ3v) is 3.77. The van der Waals surface area contributed by atoms with Gasteiger partial charge in [0.2, 0.25) is 0 Å². The Kier molecular flexibility index (Phi) is 4.34. The van der Waals surface area contributed by atoms with Crippen molar-refractivity contribution in [2.75, 3.05) is 18.0 Å². The van der Waals surface area contributed by atoms with Crippen LogP contribution in [-0.4, -0.2) is 24.2 Å². The zero-order valence-electron chi connectivity index (χ0n) is 11.0. The van der Waals surface area contributed by atoms with Gasteiger partial charge in [0.15, 0.2) is 0 Å². The number of aliphatic carboxylic acids is 1. The summed E-state index contributed by atoms with van der Waals surface area (Å²) >= 11 is 6.02. The number of hydrogen-bond donors (Lipinski definition) is 2. The van der Waals surface area contributed by atoms with Crippen LogP contribution in [-0.2, 0) is 11.0 Å². The van der Waals surface area contributed by atoms with Gasteiger partial charge < -0.3 is 15.7 Å². The van der Waals surface area contributed by atoms with E-state index in [4.69, 9.17) is 22.4 Å². The van der Waals surface area contributed by atoms with Gasteiger partial charge in [0.25, 0.3) is 0 Å². The van der Waals surface area contributed by atoms with Crippen LogP contribution < -0.4 is 10.6 Å². The number of rotatable bonds is 3. The third-order valence-electron chi connectivity index (χ3n) is 3.47. The molecule has 1 aromatic rings. The lowest BCUT2D eigenvalue weighted by molar-refractivity contribution is -0.141. The summed E-state index contributed by atoms with van der Waals surface area (Å²) in [5, 5.41) is 8.93. The van der Waals surface area contributed by atoms with Gasteiger partial charge in [-0.1, -0.05) is 11.6 Å². The van der Waals surface area contributed by atoms with Gasteiger partial charge in [-0.05, 0) is 30.5 Å². The molecule has 4 nitrogen and oxygen atoms in total. The van der Waals surface area contributed by atoms with Gasteiger partial charge >= 0.3 is 12.1 Å². The fourth-order valence-electron chi connectivity index (χ4n) is 2.41. The minimum Gasteiger partial charge on any atom is -0.480 e. The van der Waals surface area contributed by atoms with Crippen molar-refractivity contribution in [2.24, 2.45) is 5.73 Å². The quantitative estimate of drug-likeness (QED) is 0.897. The SMILES string of the molecule is N[C@H](C(=O)O)c1cc(Cl)c(N2CCCC2)cc1C(F)(F)F. The van der Waals surface area contributed by atoms with Crippen molar-refractivity contribution in [3.05, 3.63) is 28.3 Å². The monoisotopic (exact) mass is 322 g/mol. The maximum atomic E-state index is 13.2. The Bertz CT molecular complexity index is 557. The molecule has 0 aliphatic carbocycles. The van der Waals surface area contributed by atoms with E-state index in [1.165, 1.54) is 0 Å². The van der Waals surface area contributed by atoms with E-state index in [2.05, 4.69) is 0 Å². The van der Waals surface area contributed by atoms with Crippen LogP contribution in [0.3, 0.4) is 0 Å². The van der Waals surface area contributed by atoms with Crippen LogP contribution in [0.15, 0.2) is 12.1 Å².